The molecule has 174 valence electrons. The van der Waals surface area contributed by atoms with E-state index in [4.69, 9.17) is 18.6 Å². The standard InChI is InChI=1S/C25H23F3O5/c1-3-30-24(29)16-33-22-11-10-20(15-17(22)2)31-14-12-21(23-5-4-13-32-23)18-6-8-19(9-7-18)25(26,27)28/h4-13,15H,3,14,16H2,1-2H3/b21-12-. The van der Waals surface area contributed by atoms with E-state index in [1.165, 1.54) is 18.4 Å². The molecule has 0 saturated heterocycles. The second-order valence-corrected chi connectivity index (χ2v) is 7.00. The third kappa shape index (κ3) is 6.65. The van der Waals surface area contributed by atoms with Gasteiger partial charge in [-0.05, 0) is 73.5 Å². The maximum atomic E-state index is 12.9. The average molecular weight is 460 g/mol. The van der Waals surface area contributed by atoms with Gasteiger partial charge in [-0.3, -0.25) is 0 Å². The van der Waals surface area contributed by atoms with Crippen molar-refractivity contribution in [2.45, 2.75) is 20.0 Å². The lowest BCUT2D eigenvalue weighted by Crippen LogP contribution is -2.14. The second kappa shape index (κ2) is 10.8. The zero-order valence-electron chi connectivity index (χ0n) is 18.1. The lowest BCUT2D eigenvalue weighted by molar-refractivity contribution is -0.145. The van der Waals surface area contributed by atoms with E-state index in [0.717, 1.165) is 17.7 Å². The van der Waals surface area contributed by atoms with Crippen molar-refractivity contribution < 1.29 is 36.6 Å². The zero-order valence-corrected chi connectivity index (χ0v) is 18.1. The molecule has 3 rings (SSSR count). The predicted molar refractivity (Wildman–Crippen MR) is 116 cm³/mol. The fourth-order valence-electron chi connectivity index (χ4n) is 3.07. The first kappa shape index (κ1) is 24.0. The molecule has 33 heavy (non-hydrogen) atoms. The minimum atomic E-state index is -4.40. The van der Waals surface area contributed by atoms with Crippen molar-refractivity contribution >= 4 is 11.5 Å². The van der Waals surface area contributed by atoms with Crippen molar-refractivity contribution in [3.8, 4) is 11.5 Å². The molecule has 0 bridgehead atoms. The van der Waals surface area contributed by atoms with Gasteiger partial charge in [-0.2, -0.15) is 13.2 Å². The molecule has 0 amide bonds. The number of hydrogen-bond acceptors (Lipinski definition) is 5. The van der Waals surface area contributed by atoms with Crippen LogP contribution in [-0.4, -0.2) is 25.8 Å². The largest absolute Gasteiger partial charge is 0.489 e. The molecule has 0 aliphatic rings. The van der Waals surface area contributed by atoms with Crippen LogP contribution in [0, 0.1) is 6.92 Å². The Morgan fingerprint density at radius 2 is 1.82 bits per heavy atom. The van der Waals surface area contributed by atoms with Gasteiger partial charge in [-0.25, -0.2) is 4.79 Å². The summed E-state index contributed by atoms with van der Waals surface area (Å²) in [5.41, 5.74) is 1.23. The minimum absolute atomic E-state index is 0.152. The highest BCUT2D eigenvalue weighted by Gasteiger charge is 2.30. The first-order valence-electron chi connectivity index (χ1n) is 10.2. The highest BCUT2D eigenvalue weighted by atomic mass is 19.4. The van der Waals surface area contributed by atoms with Crippen LogP contribution in [0.1, 0.15) is 29.4 Å². The molecule has 5 nitrogen and oxygen atoms in total. The summed E-state index contributed by atoms with van der Waals surface area (Å²) in [6.07, 6.45) is -1.17. The number of hydrogen-bond donors (Lipinski definition) is 0. The molecular weight excluding hydrogens is 437 g/mol. The van der Waals surface area contributed by atoms with Crippen molar-refractivity contribution in [2.75, 3.05) is 19.8 Å². The van der Waals surface area contributed by atoms with E-state index in [9.17, 15) is 18.0 Å². The SMILES string of the molecule is CCOC(=O)COc1ccc(OC/C=C(/c2ccc(C(F)(F)F)cc2)c2ccco2)cc1C. The monoisotopic (exact) mass is 460 g/mol. The van der Waals surface area contributed by atoms with E-state index in [-0.39, 0.29) is 19.8 Å². The van der Waals surface area contributed by atoms with E-state index >= 15 is 0 Å². The Morgan fingerprint density at radius 3 is 2.42 bits per heavy atom. The van der Waals surface area contributed by atoms with Gasteiger partial charge in [0.15, 0.2) is 6.61 Å². The van der Waals surface area contributed by atoms with Crippen LogP contribution in [0.3, 0.4) is 0 Å². The molecule has 8 heteroatoms. The van der Waals surface area contributed by atoms with Crippen LogP contribution in [0.5, 0.6) is 11.5 Å². The smallest absolute Gasteiger partial charge is 0.416 e. The summed E-state index contributed by atoms with van der Waals surface area (Å²) in [5.74, 6) is 1.17. The fraction of sp³-hybridized carbons (Fsp3) is 0.240. The van der Waals surface area contributed by atoms with E-state index in [1.54, 1.807) is 43.3 Å². The van der Waals surface area contributed by atoms with Crippen molar-refractivity contribution in [3.63, 3.8) is 0 Å². The topological polar surface area (TPSA) is 57.9 Å². The summed E-state index contributed by atoms with van der Waals surface area (Å²) in [7, 11) is 0. The Hall–Kier alpha value is -3.68. The quantitative estimate of drug-likeness (QED) is 0.364. The number of carbonyl (C=O) groups excluding carboxylic acids is 1. The van der Waals surface area contributed by atoms with Crippen LogP contribution in [0.2, 0.25) is 0 Å². The summed E-state index contributed by atoms with van der Waals surface area (Å²) in [4.78, 5) is 11.4. The molecule has 0 radical (unpaired) electrons. The molecule has 0 N–H and O–H groups in total. The lowest BCUT2D eigenvalue weighted by Gasteiger charge is -2.12. The van der Waals surface area contributed by atoms with E-state index in [0.29, 0.717) is 28.4 Å². The number of ether oxygens (including phenoxy) is 3. The van der Waals surface area contributed by atoms with E-state index in [1.807, 2.05) is 6.92 Å². The Morgan fingerprint density at radius 1 is 1.06 bits per heavy atom. The molecule has 0 spiro atoms. The van der Waals surface area contributed by atoms with Crippen molar-refractivity contribution in [2.24, 2.45) is 0 Å². The number of esters is 1. The normalized spacial score (nSPS) is 11.8. The molecular formula is C25H23F3O5. The van der Waals surface area contributed by atoms with Gasteiger partial charge in [-0.15, -0.1) is 0 Å². The minimum Gasteiger partial charge on any atom is -0.489 e. The average Bonchev–Trinajstić information content (AvgIpc) is 3.30. The predicted octanol–water partition coefficient (Wildman–Crippen LogP) is 6.06. The fourth-order valence-corrected chi connectivity index (χ4v) is 3.07. The van der Waals surface area contributed by atoms with Gasteiger partial charge in [0.25, 0.3) is 0 Å². The molecule has 0 saturated carbocycles. The maximum absolute atomic E-state index is 12.9. The maximum Gasteiger partial charge on any atom is 0.416 e. The number of benzene rings is 2. The summed E-state index contributed by atoms with van der Waals surface area (Å²) in [6, 6.07) is 13.4. The third-order valence-electron chi connectivity index (χ3n) is 4.64. The van der Waals surface area contributed by atoms with Gasteiger partial charge in [0.1, 0.15) is 23.9 Å². The number of carbonyl (C=O) groups is 1. The van der Waals surface area contributed by atoms with Gasteiger partial charge in [0.2, 0.25) is 0 Å². The van der Waals surface area contributed by atoms with Crippen LogP contribution in [0.25, 0.3) is 5.57 Å². The second-order valence-electron chi connectivity index (χ2n) is 7.00. The summed E-state index contributed by atoms with van der Waals surface area (Å²) in [6.45, 7) is 3.79. The Labute approximate surface area is 189 Å². The van der Waals surface area contributed by atoms with Gasteiger partial charge in [0.05, 0.1) is 18.4 Å². The Kier molecular flexibility index (Phi) is 7.82. The molecule has 1 heterocycles. The van der Waals surface area contributed by atoms with Gasteiger partial charge < -0.3 is 18.6 Å². The first-order chi connectivity index (χ1) is 15.8. The highest BCUT2D eigenvalue weighted by molar-refractivity contribution is 5.77. The molecule has 2 aromatic carbocycles. The molecule has 1 aromatic heterocycles. The first-order valence-corrected chi connectivity index (χ1v) is 10.2. The summed E-state index contributed by atoms with van der Waals surface area (Å²) >= 11 is 0. The van der Waals surface area contributed by atoms with Gasteiger partial charge in [0, 0.05) is 5.57 Å². The van der Waals surface area contributed by atoms with Crippen molar-refractivity contribution in [1.82, 2.24) is 0 Å². The molecule has 0 aliphatic carbocycles. The Bertz CT molecular complexity index is 1080. The van der Waals surface area contributed by atoms with Gasteiger partial charge in [-0.1, -0.05) is 12.1 Å². The molecule has 0 unspecified atom stereocenters. The zero-order chi connectivity index (χ0) is 23.8. The number of rotatable bonds is 9. The molecule has 0 fully saturated rings. The van der Waals surface area contributed by atoms with Crippen LogP contribution in [0.15, 0.2) is 71.4 Å². The number of halogens is 3. The van der Waals surface area contributed by atoms with E-state index in [2.05, 4.69) is 0 Å². The molecule has 0 aliphatic heterocycles. The highest BCUT2D eigenvalue weighted by Crippen LogP contribution is 2.31. The number of aryl methyl sites for hydroxylation is 1. The number of furan rings is 1. The van der Waals surface area contributed by atoms with Crippen LogP contribution < -0.4 is 9.47 Å². The Balaban J connectivity index is 1.70. The lowest BCUT2D eigenvalue weighted by atomic mass is 10.0. The van der Waals surface area contributed by atoms with E-state index < -0.39 is 17.7 Å². The number of alkyl halides is 3. The third-order valence-corrected chi connectivity index (χ3v) is 4.64. The summed E-state index contributed by atoms with van der Waals surface area (Å²) in [5, 5.41) is 0. The van der Waals surface area contributed by atoms with Crippen LogP contribution in [-0.2, 0) is 15.7 Å². The molecule has 0 atom stereocenters. The summed E-state index contributed by atoms with van der Waals surface area (Å²) < 4.78 is 60.2. The molecule has 3 aromatic rings. The van der Waals surface area contributed by atoms with Crippen molar-refractivity contribution in [1.29, 1.82) is 0 Å². The van der Waals surface area contributed by atoms with Crippen LogP contribution >= 0.6 is 0 Å². The van der Waals surface area contributed by atoms with Crippen LogP contribution in [0.4, 0.5) is 13.2 Å². The van der Waals surface area contributed by atoms with Crippen molar-refractivity contribution in [3.05, 3.63) is 89.4 Å². The van der Waals surface area contributed by atoms with Gasteiger partial charge >= 0.3 is 12.1 Å².